The molecule has 1 aromatic carbocycles. The van der Waals surface area contributed by atoms with Crippen LogP contribution in [0.15, 0.2) is 36.5 Å². The average molecular weight is 317 g/mol. The van der Waals surface area contributed by atoms with Crippen molar-refractivity contribution in [1.29, 1.82) is 5.26 Å². The third-order valence-electron chi connectivity index (χ3n) is 4.71. The molecule has 0 radical (unpaired) electrons. The molecule has 1 saturated carbocycles. The van der Waals surface area contributed by atoms with Crippen LogP contribution in [-0.2, 0) is 0 Å². The van der Waals surface area contributed by atoms with Gasteiger partial charge in [-0.25, -0.2) is 4.98 Å². The summed E-state index contributed by atoms with van der Waals surface area (Å²) in [5, 5.41) is 21.2. The number of nitrogens with one attached hydrogen (secondary N) is 2. The normalized spacial score (nSPS) is 15.3. The van der Waals surface area contributed by atoms with Crippen LogP contribution in [0.25, 0.3) is 22.2 Å². The van der Waals surface area contributed by atoms with Gasteiger partial charge in [0.15, 0.2) is 0 Å². The van der Waals surface area contributed by atoms with Gasteiger partial charge < -0.3 is 5.32 Å². The van der Waals surface area contributed by atoms with Gasteiger partial charge in [-0.15, -0.1) is 0 Å². The first kappa shape index (κ1) is 14.7. The van der Waals surface area contributed by atoms with E-state index in [1.165, 1.54) is 32.1 Å². The Morgan fingerprint density at radius 1 is 1.08 bits per heavy atom. The minimum absolute atomic E-state index is 0.487. The minimum Gasteiger partial charge on any atom is -0.367 e. The fourth-order valence-electron chi connectivity index (χ4n) is 3.43. The summed E-state index contributed by atoms with van der Waals surface area (Å²) in [6, 6.07) is 12.1. The lowest BCUT2D eigenvalue weighted by Crippen LogP contribution is -2.22. The monoisotopic (exact) mass is 317 g/mol. The summed E-state index contributed by atoms with van der Waals surface area (Å²) >= 11 is 0. The van der Waals surface area contributed by atoms with Crippen LogP contribution in [0, 0.1) is 11.3 Å². The Hall–Kier alpha value is -2.87. The quantitative estimate of drug-likeness (QED) is 0.757. The van der Waals surface area contributed by atoms with Crippen LogP contribution in [0.4, 0.5) is 5.82 Å². The maximum Gasteiger partial charge on any atom is 0.137 e. The highest BCUT2D eigenvalue weighted by molar-refractivity contribution is 6.00. The lowest BCUT2D eigenvalue weighted by molar-refractivity contribution is 0.462. The maximum atomic E-state index is 8.97. The third kappa shape index (κ3) is 2.71. The van der Waals surface area contributed by atoms with Crippen LogP contribution in [0.2, 0.25) is 0 Å². The van der Waals surface area contributed by atoms with E-state index in [0.717, 1.165) is 28.0 Å². The van der Waals surface area contributed by atoms with Crippen molar-refractivity contribution in [3.8, 4) is 17.3 Å². The van der Waals surface area contributed by atoms with Crippen molar-refractivity contribution >= 4 is 16.7 Å². The zero-order chi connectivity index (χ0) is 16.4. The largest absolute Gasteiger partial charge is 0.367 e. The smallest absolute Gasteiger partial charge is 0.137 e. The molecule has 0 aliphatic heterocycles. The summed E-state index contributed by atoms with van der Waals surface area (Å²) in [7, 11) is 0. The van der Waals surface area contributed by atoms with Gasteiger partial charge in [-0.1, -0.05) is 31.4 Å². The molecule has 5 heteroatoms. The average Bonchev–Trinajstić information content (AvgIpc) is 3.08. The first-order valence-electron chi connectivity index (χ1n) is 8.45. The topological polar surface area (TPSA) is 77.4 Å². The molecular weight excluding hydrogens is 298 g/mol. The van der Waals surface area contributed by atoms with E-state index in [1.54, 1.807) is 0 Å². The van der Waals surface area contributed by atoms with Crippen molar-refractivity contribution in [2.45, 2.75) is 38.1 Å². The van der Waals surface area contributed by atoms with Crippen molar-refractivity contribution in [3.05, 3.63) is 42.1 Å². The summed E-state index contributed by atoms with van der Waals surface area (Å²) in [4.78, 5) is 4.57. The Bertz CT molecular complexity index is 882. The van der Waals surface area contributed by atoms with E-state index in [2.05, 4.69) is 26.6 Å². The summed E-state index contributed by atoms with van der Waals surface area (Å²) in [5.41, 5.74) is 3.49. The molecule has 1 aliphatic rings. The molecule has 0 saturated heterocycles. The Balaban J connectivity index is 1.74. The molecule has 0 atom stereocenters. The fourth-order valence-corrected chi connectivity index (χ4v) is 3.43. The second kappa shape index (κ2) is 6.32. The highest BCUT2D eigenvalue weighted by Gasteiger charge is 2.18. The fraction of sp³-hybridized carbons (Fsp3) is 0.316. The predicted molar refractivity (Wildman–Crippen MR) is 94.5 cm³/mol. The molecule has 120 valence electrons. The van der Waals surface area contributed by atoms with E-state index in [4.69, 9.17) is 5.26 Å². The zero-order valence-corrected chi connectivity index (χ0v) is 13.4. The number of hydrogen-bond acceptors (Lipinski definition) is 4. The molecule has 2 aromatic heterocycles. The molecule has 3 aromatic rings. The molecule has 24 heavy (non-hydrogen) atoms. The minimum atomic E-state index is 0.487. The van der Waals surface area contributed by atoms with E-state index >= 15 is 0 Å². The molecule has 2 heterocycles. The molecule has 1 aliphatic carbocycles. The van der Waals surface area contributed by atoms with Crippen molar-refractivity contribution in [1.82, 2.24) is 15.2 Å². The standard InChI is InChI=1S/C19H19N5/c20-12-13-6-8-14(9-7-13)18-17-16(23-24-18)10-11-21-19(17)22-15-4-2-1-3-5-15/h6-11,15H,1-5H2,(H,21,22)(H,23,24). The van der Waals surface area contributed by atoms with E-state index in [0.29, 0.717) is 11.6 Å². The third-order valence-corrected chi connectivity index (χ3v) is 4.71. The number of anilines is 1. The van der Waals surface area contributed by atoms with Gasteiger partial charge >= 0.3 is 0 Å². The second-order valence-electron chi connectivity index (χ2n) is 6.32. The lowest BCUT2D eigenvalue weighted by Gasteiger charge is -2.23. The predicted octanol–water partition coefficient (Wildman–Crippen LogP) is 4.24. The first-order chi connectivity index (χ1) is 11.8. The van der Waals surface area contributed by atoms with Crippen LogP contribution in [-0.4, -0.2) is 21.2 Å². The second-order valence-corrected chi connectivity index (χ2v) is 6.32. The van der Waals surface area contributed by atoms with Crippen LogP contribution < -0.4 is 5.32 Å². The Labute approximate surface area is 140 Å². The van der Waals surface area contributed by atoms with Crippen molar-refractivity contribution in [2.24, 2.45) is 0 Å². The van der Waals surface area contributed by atoms with E-state index in [1.807, 2.05) is 36.5 Å². The number of H-pyrrole nitrogens is 1. The SMILES string of the molecule is N#Cc1ccc(-c2n[nH]c3ccnc(NC4CCCCC4)c23)cc1. The number of nitriles is 1. The summed E-state index contributed by atoms with van der Waals surface area (Å²) in [5.74, 6) is 0.896. The molecule has 0 amide bonds. The molecule has 0 bridgehead atoms. The van der Waals surface area contributed by atoms with Gasteiger partial charge in [0, 0.05) is 17.8 Å². The highest BCUT2D eigenvalue weighted by atomic mass is 15.1. The number of rotatable bonds is 3. The van der Waals surface area contributed by atoms with Crippen LogP contribution in [0.5, 0.6) is 0 Å². The number of nitrogens with zero attached hydrogens (tertiary/aromatic N) is 3. The first-order valence-corrected chi connectivity index (χ1v) is 8.45. The van der Waals surface area contributed by atoms with E-state index < -0.39 is 0 Å². The van der Waals surface area contributed by atoms with Gasteiger partial charge in [0.25, 0.3) is 0 Å². The van der Waals surface area contributed by atoms with E-state index in [9.17, 15) is 0 Å². The highest BCUT2D eigenvalue weighted by Crippen LogP contribution is 2.32. The lowest BCUT2D eigenvalue weighted by atomic mass is 9.95. The zero-order valence-electron chi connectivity index (χ0n) is 13.4. The van der Waals surface area contributed by atoms with Crippen molar-refractivity contribution in [3.63, 3.8) is 0 Å². The summed E-state index contributed by atoms with van der Waals surface area (Å²) < 4.78 is 0. The van der Waals surface area contributed by atoms with Gasteiger partial charge in [-0.3, -0.25) is 5.10 Å². The van der Waals surface area contributed by atoms with Gasteiger partial charge in [0.2, 0.25) is 0 Å². The summed E-state index contributed by atoms with van der Waals surface area (Å²) in [6.45, 7) is 0. The Morgan fingerprint density at radius 2 is 1.88 bits per heavy atom. The van der Waals surface area contributed by atoms with Crippen LogP contribution in [0.3, 0.4) is 0 Å². The molecule has 5 nitrogen and oxygen atoms in total. The molecule has 2 N–H and O–H groups in total. The van der Waals surface area contributed by atoms with Crippen molar-refractivity contribution in [2.75, 3.05) is 5.32 Å². The van der Waals surface area contributed by atoms with Crippen molar-refractivity contribution < 1.29 is 0 Å². The number of aromatic nitrogens is 3. The van der Waals surface area contributed by atoms with Gasteiger partial charge in [0.05, 0.1) is 22.5 Å². The van der Waals surface area contributed by atoms with Crippen LogP contribution in [0.1, 0.15) is 37.7 Å². The summed E-state index contributed by atoms with van der Waals surface area (Å²) in [6.07, 6.45) is 8.10. The number of pyridine rings is 1. The van der Waals surface area contributed by atoms with Crippen LogP contribution >= 0.6 is 0 Å². The van der Waals surface area contributed by atoms with Gasteiger partial charge in [-0.05, 0) is 31.0 Å². The number of hydrogen-bond donors (Lipinski definition) is 2. The van der Waals surface area contributed by atoms with Gasteiger partial charge in [0.1, 0.15) is 11.5 Å². The van der Waals surface area contributed by atoms with Gasteiger partial charge in [-0.2, -0.15) is 10.4 Å². The molecule has 0 unspecified atom stereocenters. The Morgan fingerprint density at radius 3 is 2.62 bits per heavy atom. The molecule has 0 spiro atoms. The number of benzene rings is 1. The molecule has 1 fully saturated rings. The molecule has 4 rings (SSSR count). The van der Waals surface area contributed by atoms with E-state index in [-0.39, 0.29) is 0 Å². The molecular formula is C19H19N5. The number of aromatic amines is 1. The number of fused-ring (bicyclic) bond motifs is 1. The maximum absolute atomic E-state index is 8.97. The Kier molecular flexibility index (Phi) is 3.87.